The summed E-state index contributed by atoms with van der Waals surface area (Å²) in [4.78, 5) is 0.178. The highest BCUT2D eigenvalue weighted by atomic mass is 35.5. The molecule has 1 aromatic rings. The molecule has 0 bridgehead atoms. The largest absolute Gasteiger partial charge is 0.391 e. The number of hydrogen-bond acceptors (Lipinski definition) is 3. The van der Waals surface area contributed by atoms with Gasteiger partial charge in [0.2, 0.25) is 10.0 Å². The van der Waals surface area contributed by atoms with Crippen molar-refractivity contribution in [3.05, 3.63) is 28.8 Å². The van der Waals surface area contributed by atoms with E-state index >= 15 is 0 Å². The Morgan fingerprint density at radius 2 is 2.00 bits per heavy atom. The molecule has 0 aliphatic heterocycles. The Kier molecular flexibility index (Phi) is 4.50. The molecule has 1 aliphatic rings. The first kappa shape index (κ1) is 14.8. The van der Waals surface area contributed by atoms with Crippen LogP contribution in [-0.2, 0) is 10.0 Å². The summed E-state index contributed by atoms with van der Waals surface area (Å²) in [6, 6.07) is 4.39. The number of aliphatic hydroxyl groups excluding tert-OH is 1. The van der Waals surface area contributed by atoms with E-state index in [9.17, 15) is 13.5 Å². The zero-order valence-electron chi connectivity index (χ0n) is 10.8. The summed E-state index contributed by atoms with van der Waals surface area (Å²) in [5, 5.41) is 10.3. The fraction of sp³-hybridized carbons (Fsp3) is 0.538. The molecule has 19 heavy (non-hydrogen) atoms. The molecule has 0 radical (unpaired) electrons. The van der Waals surface area contributed by atoms with E-state index in [-0.39, 0.29) is 4.90 Å². The van der Waals surface area contributed by atoms with Crippen molar-refractivity contribution in [3.8, 4) is 0 Å². The zero-order valence-corrected chi connectivity index (χ0v) is 12.3. The van der Waals surface area contributed by atoms with E-state index in [0.29, 0.717) is 23.4 Å². The molecule has 1 aromatic carbocycles. The molecule has 1 fully saturated rings. The average Bonchev–Trinajstić information content (AvgIpc) is 2.35. The van der Waals surface area contributed by atoms with Crippen molar-refractivity contribution in [3.63, 3.8) is 0 Å². The molecule has 106 valence electrons. The van der Waals surface area contributed by atoms with Gasteiger partial charge in [0.05, 0.1) is 11.0 Å². The van der Waals surface area contributed by atoms with Gasteiger partial charge in [-0.2, -0.15) is 0 Å². The van der Waals surface area contributed by atoms with E-state index in [1.807, 2.05) is 0 Å². The number of hydrogen-bond donors (Lipinski definition) is 2. The first-order chi connectivity index (χ1) is 8.92. The van der Waals surface area contributed by atoms with Gasteiger partial charge in [0.15, 0.2) is 0 Å². The minimum Gasteiger partial charge on any atom is -0.391 e. The number of rotatable bonds is 3. The fourth-order valence-corrected chi connectivity index (χ4v) is 4.19. The Bertz CT molecular complexity index is 559. The van der Waals surface area contributed by atoms with Gasteiger partial charge in [0.1, 0.15) is 0 Å². The number of aliphatic hydroxyl groups is 1. The highest BCUT2D eigenvalue weighted by Crippen LogP contribution is 2.25. The molecule has 1 aliphatic carbocycles. The summed E-state index contributed by atoms with van der Waals surface area (Å²) >= 11 is 5.95. The smallest absolute Gasteiger partial charge is 0.241 e. The lowest BCUT2D eigenvalue weighted by Gasteiger charge is -2.28. The van der Waals surface area contributed by atoms with Crippen LogP contribution in [0.4, 0.5) is 0 Å². The maximum Gasteiger partial charge on any atom is 0.241 e. The molecule has 6 heteroatoms. The van der Waals surface area contributed by atoms with Crippen LogP contribution in [0.2, 0.25) is 5.02 Å². The first-order valence-corrected chi connectivity index (χ1v) is 8.23. The number of benzene rings is 1. The second kappa shape index (κ2) is 5.79. The predicted molar refractivity (Wildman–Crippen MR) is 74.8 cm³/mol. The standard InChI is InChI=1S/C13H18ClNO3S/c1-9-10(14)5-4-8-13(9)19(17,18)15-11-6-2-3-7-12(11)16/h4-5,8,11-12,15-16H,2-3,6-7H2,1H3/t11-,12-/m0/s1. The van der Waals surface area contributed by atoms with Gasteiger partial charge in [-0.05, 0) is 37.5 Å². The maximum absolute atomic E-state index is 12.3. The van der Waals surface area contributed by atoms with Gasteiger partial charge in [-0.25, -0.2) is 13.1 Å². The molecule has 2 N–H and O–H groups in total. The molecule has 2 rings (SSSR count). The van der Waals surface area contributed by atoms with E-state index in [1.165, 1.54) is 6.07 Å². The summed E-state index contributed by atoms with van der Waals surface area (Å²) in [6.45, 7) is 1.67. The van der Waals surface area contributed by atoms with Crippen LogP contribution in [-0.4, -0.2) is 25.7 Å². The highest BCUT2D eigenvalue weighted by Gasteiger charge is 2.29. The topological polar surface area (TPSA) is 66.4 Å². The lowest BCUT2D eigenvalue weighted by atomic mass is 9.93. The Labute approximate surface area is 118 Å². The van der Waals surface area contributed by atoms with Crippen molar-refractivity contribution < 1.29 is 13.5 Å². The average molecular weight is 304 g/mol. The molecule has 0 amide bonds. The van der Waals surface area contributed by atoms with Crippen molar-refractivity contribution in [1.29, 1.82) is 0 Å². The molecule has 1 saturated carbocycles. The van der Waals surface area contributed by atoms with E-state index in [1.54, 1.807) is 19.1 Å². The van der Waals surface area contributed by atoms with Crippen molar-refractivity contribution in [1.82, 2.24) is 4.72 Å². The van der Waals surface area contributed by atoms with Gasteiger partial charge in [-0.1, -0.05) is 30.5 Å². The number of halogens is 1. The van der Waals surface area contributed by atoms with E-state index in [2.05, 4.69) is 4.72 Å². The lowest BCUT2D eigenvalue weighted by Crippen LogP contribution is -2.45. The van der Waals surface area contributed by atoms with Gasteiger partial charge in [0.25, 0.3) is 0 Å². The second-order valence-corrected chi connectivity index (χ2v) is 7.03. The van der Waals surface area contributed by atoms with Crippen molar-refractivity contribution in [2.45, 2.75) is 49.6 Å². The quantitative estimate of drug-likeness (QED) is 0.900. The summed E-state index contributed by atoms with van der Waals surface area (Å²) in [6.07, 6.45) is 2.57. The molecular formula is C13H18ClNO3S. The third-order valence-corrected chi connectivity index (χ3v) is 5.59. The van der Waals surface area contributed by atoms with Crippen LogP contribution >= 0.6 is 11.6 Å². The van der Waals surface area contributed by atoms with Crippen LogP contribution in [0.15, 0.2) is 23.1 Å². The van der Waals surface area contributed by atoms with Crippen LogP contribution in [0.1, 0.15) is 31.2 Å². The zero-order chi connectivity index (χ0) is 14.0. The molecule has 2 atom stereocenters. The predicted octanol–water partition coefficient (Wildman–Crippen LogP) is 2.23. The Hall–Kier alpha value is -0.620. The maximum atomic E-state index is 12.3. The van der Waals surface area contributed by atoms with Gasteiger partial charge in [-0.3, -0.25) is 0 Å². The van der Waals surface area contributed by atoms with E-state index in [4.69, 9.17) is 11.6 Å². The SMILES string of the molecule is Cc1c(Cl)cccc1S(=O)(=O)N[C@H]1CCCC[C@@H]1O. The molecular weight excluding hydrogens is 286 g/mol. The van der Waals surface area contributed by atoms with Crippen LogP contribution < -0.4 is 4.72 Å². The van der Waals surface area contributed by atoms with Crippen LogP contribution in [0.5, 0.6) is 0 Å². The molecule has 0 aromatic heterocycles. The minimum absolute atomic E-state index is 0.178. The fourth-order valence-electron chi connectivity index (χ4n) is 2.39. The minimum atomic E-state index is -3.64. The molecule has 0 heterocycles. The van der Waals surface area contributed by atoms with Gasteiger partial charge in [0, 0.05) is 11.1 Å². The van der Waals surface area contributed by atoms with Gasteiger partial charge >= 0.3 is 0 Å². The van der Waals surface area contributed by atoms with Crippen LogP contribution in [0.3, 0.4) is 0 Å². The highest BCUT2D eigenvalue weighted by molar-refractivity contribution is 7.89. The lowest BCUT2D eigenvalue weighted by molar-refractivity contribution is 0.101. The third-order valence-electron chi connectivity index (χ3n) is 3.54. The number of nitrogens with one attached hydrogen (secondary N) is 1. The van der Waals surface area contributed by atoms with E-state index < -0.39 is 22.2 Å². The summed E-state index contributed by atoms with van der Waals surface area (Å²) in [7, 11) is -3.64. The Morgan fingerprint density at radius 1 is 1.32 bits per heavy atom. The summed E-state index contributed by atoms with van der Waals surface area (Å²) < 4.78 is 27.3. The van der Waals surface area contributed by atoms with Crippen LogP contribution in [0, 0.1) is 6.92 Å². The molecule has 0 saturated heterocycles. The first-order valence-electron chi connectivity index (χ1n) is 6.37. The third kappa shape index (κ3) is 3.28. The van der Waals surface area contributed by atoms with Crippen molar-refractivity contribution >= 4 is 21.6 Å². The van der Waals surface area contributed by atoms with Crippen molar-refractivity contribution in [2.24, 2.45) is 0 Å². The van der Waals surface area contributed by atoms with E-state index in [0.717, 1.165) is 12.8 Å². The Balaban J connectivity index is 2.25. The van der Waals surface area contributed by atoms with Crippen molar-refractivity contribution in [2.75, 3.05) is 0 Å². The molecule has 4 nitrogen and oxygen atoms in total. The molecule has 0 unspecified atom stereocenters. The summed E-state index contributed by atoms with van der Waals surface area (Å²) in [5.41, 5.74) is 0.530. The number of sulfonamides is 1. The van der Waals surface area contributed by atoms with Gasteiger partial charge < -0.3 is 5.11 Å². The van der Waals surface area contributed by atoms with Gasteiger partial charge in [-0.15, -0.1) is 0 Å². The summed E-state index contributed by atoms with van der Waals surface area (Å²) in [5.74, 6) is 0. The molecule has 0 spiro atoms. The van der Waals surface area contributed by atoms with Crippen LogP contribution in [0.25, 0.3) is 0 Å². The monoisotopic (exact) mass is 303 g/mol. The Morgan fingerprint density at radius 3 is 2.68 bits per heavy atom. The second-order valence-electron chi connectivity index (χ2n) is 4.94. The normalized spacial score (nSPS) is 24.4.